The fourth-order valence-electron chi connectivity index (χ4n) is 3.54. The van der Waals surface area contributed by atoms with Gasteiger partial charge < -0.3 is 15.4 Å². The van der Waals surface area contributed by atoms with Crippen LogP contribution in [0.5, 0.6) is 0 Å². The first-order chi connectivity index (χ1) is 16.0. The van der Waals surface area contributed by atoms with Crippen LogP contribution in [0, 0.1) is 11.2 Å². The van der Waals surface area contributed by atoms with E-state index in [1.807, 2.05) is 16.4 Å². The summed E-state index contributed by atoms with van der Waals surface area (Å²) in [6, 6.07) is 1.40. The molecule has 11 nitrogen and oxygen atoms in total. The van der Waals surface area contributed by atoms with Crippen molar-refractivity contribution in [3.8, 4) is 11.3 Å². The quantitative estimate of drug-likeness (QED) is 0.391. The first kappa shape index (κ1) is 20.7. The standard InChI is InChI=1S/C21H20FN9O2/c22-16-12(10-33-21(32)30-19(23)24)3-4-25-17(16)13-5-27-20(28-6-13)31-8-14-7-26-18(11-1-2-11)29-15(14)9-31/h3-7,11H,1-2,8-10H2,(H4,23,24,30,32). The molecular formula is C21H20FN9O2. The third-order valence-corrected chi connectivity index (χ3v) is 5.38. The summed E-state index contributed by atoms with van der Waals surface area (Å²) < 4.78 is 19.8. The molecule has 0 saturated heterocycles. The molecule has 0 unspecified atom stereocenters. The van der Waals surface area contributed by atoms with E-state index in [-0.39, 0.29) is 17.9 Å². The first-order valence-corrected chi connectivity index (χ1v) is 10.3. The summed E-state index contributed by atoms with van der Waals surface area (Å²) in [5, 5.41) is 8.96. The van der Waals surface area contributed by atoms with Gasteiger partial charge >= 0.3 is 6.09 Å². The fraction of sp³-hybridized carbons (Fsp3) is 0.286. The highest BCUT2D eigenvalue weighted by Gasteiger charge is 2.29. The predicted molar refractivity (Wildman–Crippen MR) is 114 cm³/mol. The Hall–Kier alpha value is -4.22. The van der Waals surface area contributed by atoms with Crippen LogP contribution in [0.3, 0.4) is 0 Å². The van der Waals surface area contributed by atoms with Crippen LogP contribution in [0.4, 0.5) is 15.1 Å². The van der Waals surface area contributed by atoms with Crippen LogP contribution < -0.4 is 16.0 Å². The Kier molecular flexibility index (Phi) is 5.24. The van der Waals surface area contributed by atoms with Gasteiger partial charge in [-0.25, -0.2) is 29.1 Å². The molecule has 0 spiro atoms. The molecule has 4 N–H and O–H groups in total. The van der Waals surface area contributed by atoms with E-state index < -0.39 is 17.9 Å². The SMILES string of the molecule is N=C(N)NC(=O)OCc1ccnc(-c2cnc(N3Cc4cnc(C5CC5)nc4C3)nc2)c1F. The maximum atomic E-state index is 14.9. The maximum absolute atomic E-state index is 14.9. The number of pyridine rings is 1. The minimum atomic E-state index is -0.950. The number of alkyl carbamates (subject to hydrolysis) is 1. The largest absolute Gasteiger partial charge is 0.444 e. The average Bonchev–Trinajstić information content (AvgIpc) is 3.56. The second kappa shape index (κ2) is 8.37. The van der Waals surface area contributed by atoms with Gasteiger partial charge in [0.1, 0.15) is 18.1 Å². The lowest BCUT2D eigenvalue weighted by atomic mass is 10.1. The van der Waals surface area contributed by atoms with Gasteiger partial charge in [0.05, 0.1) is 12.2 Å². The van der Waals surface area contributed by atoms with Gasteiger partial charge in [-0.2, -0.15) is 0 Å². The van der Waals surface area contributed by atoms with E-state index in [1.165, 1.54) is 24.7 Å². The number of nitrogens with one attached hydrogen (secondary N) is 2. The van der Waals surface area contributed by atoms with Crippen molar-refractivity contribution in [1.29, 1.82) is 5.41 Å². The molecule has 2 aliphatic rings. The Morgan fingerprint density at radius 2 is 2.00 bits per heavy atom. The fourth-order valence-corrected chi connectivity index (χ4v) is 3.54. The molecule has 3 aromatic heterocycles. The zero-order chi connectivity index (χ0) is 22.9. The zero-order valence-corrected chi connectivity index (χ0v) is 17.5. The van der Waals surface area contributed by atoms with Crippen molar-refractivity contribution in [2.45, 2.75) is 38.5 Å². The summed E-state index contributed by atoms with van der Waals surface area (Å²) in [4.78, 5) is 35.5. The molecule has 33 heavy (non-hydrogen) atoms. The minimum absolute atomic E-state index is 0.0410. The molecule has 12 heteroatoms. The van der Waals surface area contributed by atoms with Gasteiger partial charge in [-0.05, 0) is 18.9 Å². The number of guanidine groups is 1. The smallest absolute Gasteiger partial charge is 0.414 e. The number of fused-ring (bicyclic) bond motifs is 1. The lowest BCUT2D eigenvalue weighted by molar-refractivity contribution is 0.143. The van der Waals surface area contributed by atoms with Crippen molar-refractivity contribution in [2.75, 3.05) is 4.90 Å². The molecule has 3 aromatic rings. The molecule has 0 aromatic carbocycles. The second-order valence-corrected chi connectivity index (χ2v) is 7.85. The predicted octanol–water partition coefficient (Wildman–Crippen LogP) is 1.98. The molecule has 4 heterocycles. The highest BCUT2D eigenvalue weighted by molar-refractivity contribution is 5.90. The number of halogens is 1. The van der Waals surface area contributed by atoms with Gasteiger partial charge in [-0.3, -0.25) is 15.7 Å². The van der Waals surface area contributed by atoms with Gasteiger partial charge in [0.15, 0.2) is 11.8 Å². The van der Waals surface area contributed by atoms with Crippen LogP contribution in [-0.4, -0.2) is 37.0 Å². The molecule has 0 atom stereocenters. The van der Waals surface area contributed by atoms with Gasteiger partial charge in [0.2, 0.25) is 5.95 Å². The molecule has 5 rings (SSSR count). The van der Waals surface area contributed by atoms with Crippen molar-refractivity contribution in [1.82, 2.24) is 30.2 Å². The normalized spacial score (nSPS) is 14.6. The summed E-state index contributed by atoms with van der Waals surface area (Å²) in [5.41, 5.74) is 7.65. The van der Waals surface area contributed by atoms with Crippen molar-refractivity contribution in [3.63, 3.8) is 0 Å². The summed E-state index contributed by atoms with van der Waals surface area (Å²) in [6.45, 7) is 0.857. The maximum Gasteiger partial charge on any atom is 0.414 e. The molecule has 0 radical (unpaired) electrons. The molecule has 1 saturated carbocycles. The first-order valence-electron chi connectivity index (χ1n) is 10.3. The molecule has 0 bridgehead atoms. The number of nitrogens with two attached hydrogens (primary N) is 1. The van der Waals surface area contributed by atoms with Crippen LogP contribution in [0.1, 0.15) is 41.4 Å². The molecule has 1 fully saturated rings. The highest BCUT2D eigenvalue weighted by Crippen LogP contribution is 2.38. The molecule has 1 amide bonds. The Bertz CT molecular complexity index is 1230. The highest BCUT2D eigenvalue weighted by atomic mass is 19.1. The van der Waals surface area contributed by atoms with E-state index in [2.05, 4.69) is 19.9 Å². The summed E-state index contributed by atoms with van der Waals surface area (Å²) in [7, 11) is 0. The number of carbonyl (C=O) groups excluding carboxylic acids is 1. The summed E-state index contributed by atoms with van der Waals surface area (Å²) in [6.07, 6.45) is 7.65. The number of carbonyl (C=O) groups is 1. The van der Waals surface area contributed by atoms with Crippen molar-refractivity contribution < 1.29 is 13.9 Å². The molecular weight excluding hydrogens is 429 g/mol. The summed E-state index contributed by atoms with van der Waals surface area (Å²) in [5.74, 6) is 0.694. The monoisotopic (exact) mass is 449 g/mol. The molecule has 1 aliphatic carbocycles. The van der Waals surface area contributed by atoms with Gasteiger partial charge in [0.25, 0.3) is 0 Å². The Morgan fingerprint density at radius 1 is 1.21 bits per heavy atom. The van der Waals surface area contributed by atoms with E-state index in [0.717, 1.165) is 29.9 Å². The Balaban J connectivity index is 1.28. The van der Waals surface area contributed by atoms with Gasteiger partial charge in [-0.15, -0.1) is 0 Å². The number of hydrogen-bond acceptors (Lipinski definition) is 9. The number of rotatable bonds is 5. The van der Waals surface area contributed by atoms with E-state index in [9.17, 15) is 9.18 Å². The van der Waals surface area contributed by atoms with E-state index >= 15 is 0 Å². The molecule has 1 aliphatic heterocycles. The lowest BCUT2D eigenvalue weighted by Crippen LogP contribution is -2.36. The van der Waals surface area contributed by atoms with Crippen molar-refractivity contribution >= 4 is 18.0 Å². The van der Waals surface area contributed by atoms with E-state index in [1.54, 1.807) is 0 Å². The number of aromatic nitrogens is 5. The van der Waals surface area contributed by atoms with Crippen LogP contribution in [-0.2, 0) is 24.4 Å². The Morgan fingerprint density at radius 3 is 2.73 bits per heavy atom. The Labute approximate surface area is 187 Å². The number of anilines is 1. The number of amides is 1. The number of hydrogen-bond donors (Lipinski definition) is 3. The van der Waals surface area contributed by atoms with E-state index in [0.29, 0.717) is 30.5 Å². The number of nitrogens with zero attached hydrogens (tertiary/aromatic N) is 6. The third kappa shape index (κ3) is 4.40. The van der Waals surface area contributed by atoms with Crippen molar-refractivity contribution in [3.05, 3.63) is 59.3 Å². The van der Waals surface area contributed by atoms with Crippen LogP contribution in [0.15, 0.2) is 30.9 Å². The number of ether oxygens (including phenoxy) is 1. The molecule has 168 valence electrons. The zero-order valence-electron chi connectivity index (χ0n) is 17.5. The van der Waals surface area contributed by atoms with Gasteiger partial charge in [0, 0.05) is 53.9 Å². The second-order valence-electron chi connectivity index (χ2n) is 7.85. The van der Waals surface area contributed by atoms with Crippen molar-refractivity contribution in [2.24, 2.45) is 5.73 Å². The summed E-state index contributed by atoms with van der Waals surface area (Å²) >= 11 is 0. The lowest BCUT2D eigenvalue weighted by Gasteiger charge is -2.15. The third-order valence-electron chi connectivity index (χ3n) is 5.38. The van der Waals surface area contributed by atoms with Crippen LogP contribution in [0.2, 0.25) is 0 Å². The average molecular weight is 449 g/mol. The topological polar surface area (TPSA) is 156 Å². The van der Waals surface area contributed by atoms with E-state index in [4.69, 9.17) is 20.9 Å². The van der Waals surface area contributed by atoms with Crippen LogP contribution in [0.25, 0.3) is 11.3 Å². The van der Waals surface area contributed by atoms with Crippen LogP contribution >= 0.6 is 0 Å². The van der Waals surface area contributed by atoms with Gasteiger partial charge in [-0.1, -0.05) is 0 Å². The minimum Gasteiger partial charge on any atom is -0.444 e.